The molecule has 6 heteroatoms. The summed E-state index contributed by atoms with van der Waals surface area (Å²) in [6.07, 6.45) is 0. The first-order chi connectivity index (χ1) is 10.6. The third-order valence-corrected chi connectivity index (χ3v) is 4.37. The Kier molecular flexibility index (Phi) is 4.31. The summed E-state index contributed by atoms with van der Waals surface area (Å²) in [6, 6.07) is 10.4. The van der Waals surface area contributed by atoms with Crippen LogP contribution < -0.4 is 0 Å². The van der Waals surface area contributed by atoms with Crippen LogP contribution in [0, 0.1) is 5.82 Å². The molecule has 2 aromatic heterocycles. The van der Waals surface area contributed by atoms with Crippen LogP contribution in [-0.4, -0.2) is 22.1 Å². The lowest BCUT2D eigenvalue weighted by atomic mass is 10.2. The monoisotopic (exact) mass is 317 g/mol. The van der Waals surface area contributed by atoms with Crippen molar-refractivity contribution in [2.75, 3.05) is 7.05 Å². The summed E-state index contributed by atoms with van der Waals surface area (Å²) in [7, 11) is 1.95. The van der Waals surface area contributed by atoms with Crippen LogP contribution in [0.2, 0.25) is 0 Å². The van der Waals surface area contributed by atoms with E-state index in [2.05, 4.69) is 10.2 Å². The number of nitrogens with zero attached hydrogens (tertiary/aromatic N) is 3. The van der Waals surface area contributed by atoms with E-state index in [0.717, 1.165) is 10.4 Å². The molecule has 2 heterocycles. The molecule has 3 rings (SSSR count). The molecule has 0 aliphatic carbocycles. The van der Waals surface area contributed by atoms with Gasteiger partial charge in [-0.3, -0.25) is 4.90 Å². The number of aromatic nitrogens is 2. The fourth-order valence-corrected chi connectivity index (χ4v) is 2.80. The lowest BCUT2D eigenvalue weighted by Gasteiger charge is -2.21. The van der Waals surface area contributed by atoms with Crippen molar-refractivity contribution in [3.63, 3.8) is 0 Å². The fraction of sp³-hybridized carbons (Fsp3) is 0.250. The second kappa shape index (κ2) is 6.37. The minimum Gasteiger partial charge on any atom is -0.418 e. The second-order valence-electron chi connectivity index (χ2n) is 5.14. The molecule has 0 radical (unpaired) electrons. The van der Waals surface area contributed by atoms with Gasteiger partial charge in [0.05, 0.1) is 10.9 Å². The predicted octanol–water partition coefficient (Wildman–Crippen LogP) is 4.13. The van der Waals surface area contributed by atoms with Gasteiger partial charge in [-0.25, -0.2) is 4.39 Å². The largest absolute Gasteiger partial charge is 0.418 e. The van der Waals surface area contributed by atoms with Crippen LogP contribution in [0.5, 0.6) is 0 Å². The summed E-state index contributed by atoms with van der Waals surface area (Å²) in [4.78, 5) is 3.00. The smallest absolute Gasteiger partial charge is 0.257 e. The van der Waals surface area contributed by atoms with E-state index >= 15 is 0 Å². The highest BCUT2D eigenvalue weighted by Gasteiger charge is 2.19. The molecule has 0 fully saturated rings. The van der Waals surface area contributed by atoms with Gasteiger partial charge in [0.25, 0.3) is 5.89 Å². The van der Waals surface area contributed by atoms with Gasteiger partial charge in [0.1, 0.15) is 5.82 Å². The maximum absolute atomic E-state index is 13.2. The van der Waals surface area contributed by atoms with Crippen molar-refractivity contribution in [1.82, 2.24) is 15.1 Å². The molecule has 0 unspecified atom stereocenters. The highest BCUT2D eigenvalue weighted by atomic mass is 32.1. The molecule has 4 nitrogen and oxygen atoms in total. The standard InChI is InChI=1S/C16H16FN3OS/c1-11(20(2)10-12-5-3-6-13(17)9-12)15-18-19-16(21-15)14-7-4-8-22-14/h3-9,11H,10H2,1-2H3/t11-/m1/s1. The van der Waals surface area contributed by atoms with Gasteiger partial charge in [0.15, 0.2) is 0 Å². The third-order valence-electron chi connectivity index (χ3n) is 3.51. The number of rotatable bonds is 5. The van der Waals surface area contributed by atoms with E-state index in [4.69, 9.17) is 4.42 Å². The minimum atomic E-state index is -0.226. The van der Waals surface area contributed by atoms with Gasteiger partial charge in [0.2, 0.25) is 5.89 Å². The molecule has 0 saturated carbocycles. The van der Waals surface area contributed by atoms with Crippen LogP contribution in [0.1, 0.15) is 24.4 Å². The minimum absolute atomic E-state index is 0.0514. The van der Waals surface area contributed by atoms with E-state index in [0.29, 0.717) is 18.3 Å². The van der Waals surface area contributed by atoms with E-state index in [9.17, 15) is 4.39 Å². The van der Waals surface area contributed by atoms with Gasteiger partial charge in [0, 0.05) is 6.54 Å². The summed E-state index contributed by atoms with van der Waals surface area (Å²) in [5, 5.41) is 10.2. The zero-order valence-corrected chi connectivity index (χ0v) is 13.2. The summed E-state index contributed by atoms with van der Waals surface area (Å²) in [5.41, 5.74) is 0.910. The predicted molar refractivity (Wildman–Crippen MR) is 83.9 cm³/mol. The van der Waals surface area contributed by atoms with Crippen LogP contribution in [-0.2, 0) is 6.54 Å². The molecule has 0 amide bonds. The third kappa shape index (κ3) is 3.23. The van der Waals surface area contributed by atoms with Crippen LogP contribution in [0.4, 0.5) is 4.39 Å². The number of thiophene rings is 1. The Labute approximate surface area is 132 Å². The highest BCUT2D eigenvalue weighted by Crippen LogP contribution is 2.26. The van der Waals surface area contributed by atoms with E-state index in [1.54, 1.807) is 17.4 Å². The maximum atomic E-state index is 13.2. The SMILES string of the molecule is C[C@H](c1nnc(-c2cccs2)o1)N(C)Cc1cccc(F)c1. The maximum Gasteiger partial charge on any atom is 0.257 e. The molecule has 22 heavy (non-hydrogen) atoms. The summed E-state index contributed by atoms with van der Waals surface area (Å²) >= 11 is 1.56. The van der Waals surface area contributed by atoms with E-state index in [1.807, 2.05) is 42.5 Å². The van der Waals surface area contributed by atoms with Crippen molar-refractivity contribution in [2.24, 2.45) is 0 Å². The van der Waals surface area contributed by atoms with E-state index in [-0.39, 0.29) is 11.9 Å². The molecule has 0 bridgehead atoms. The van der Waals surface area contributed by atoms with E-state index in [1.165, 1.54) is 12.1 Å². The topological polar surface area (TPSA) is 42.2 Å². The van der Waals surface area contributed by atoms with Crippen molar-refractivity contribution in [2.45, 2.75) is 19.5 Å². The summed E-state index contributed by atoms with van der Waals surface area (Å²) < 4.78 is 19.0. The van der Waals surface area contributed by atoms with Gasteiger partial charge < -0.3 is 4.42 Å². The number of halogens is 1. The summed E-state index contributed by atoms with van der Waals surface area (Å²) in [5.74, 6) is 0.870. The van der Waals surface area contributed by atoms with Gasteiger partial charge in [-0.1, -0.05) is 18.2 Å². The summed E-state index contributed by atoms with van der Waals surface area (Å²) in [6.45, 7) is 2.60. The Morgan fingerprint density at radius 3 is 2.86 bits per heavy atom. The zero-order chi connectivity index (χ0) is 15.5. The molecule has 0 aliphatic heterocycles. The van der Waals surface area contributed by atoms with E-state index < -0.39 is 0 Å². The number of hydrogen-bond acceptors (Lipinski definition) is 5. The molecule has 114 valence electrons. The van der Waals surface area contributed by atoms with Crippen LogP contribution in [0.25, 0.3) is 10.8 Å². The Hall–Kier alpha value is -2.05. The van der Waals surface area contributed by atoms with Gasteiger partial charge in [-0.2, -0.15) is 0 Å². The molecule has 0 N–H and O–H groups in total. The molecule has 1 aromatic carbocycles. The molecule has 0 spiro atoms. The van der Waals surface area contributed by atoms with Crippen molar-refractivity contribution in [3.8, 4) is 10.8 Å². The molecule has 3 aromatic rings. The fourth-order valence-electron chi connectivity index (χ4n) is 2.15. The van der Waals surface area contributed by atoms with Crippen LogP contribution >= 0.6 is 11.3 Å². The first kappa shape index (κ1) is 14.9. The van der Waals surface area contributed by atoms with Crippen molar-refractivity contribution < 1.29 is 8.81 Å². The highest BCUT2D eigenvalue weighted by molar-refractivity contribution is 7.13. The van der Waals surface area contributed by atoms with Crippen LogP contribution in [0.3, 0.4) is 0 Å². The lowest BCUT2D eigenvalue weighted by molar-refractivity contribution is 0.218. The Morgan fingerprint density at radius 2 is 2.14 bits per heavy atom. The second-order valence-corrected chi connectivity index (χ2v) is 6.09. The van der Waals surface area contributed by atoms with Gasteiger partial charge in [-0.15, -0.1) is 21.5 Å². The molecule has 1 atom stereocenters. The Balaban J connectivity index is 1.72. The van der Waals surface area contributed by atoms with Crippen molar-refractivity contribution in [3.05, 3.63) is 59.0 Å². The lowest BCUT2D eigenvalue weighted by Crippen LogP contribution is -2.22. The van der Waals surface area contributed by atoms with Gasteiger partial charge >= 0.3 is 0 Å². The first-order valence-corrected chi connectivity index (χ1v) is 7.83. The Bertz CT molecular complexity index is 741. The molecule has 0 aliphatic rings. The normalized spacial score (nSPS) is 12.7. The molecule has 0 saturated heterocycles. The zero-order valence-electron chi connectivity index (χ0n) is 12.4. The van der Waals surface area contributed by atoms with Crippen molar-refractivity contribution >= 4 is 11.3 Å². The number of benzene rings is 1. The van der Waals surface area contributed by atoms with Crippen molar-refractivity contribution in [1.29, 1.82) is 0 Å². The average Bonchev–Trinajstić information content (AvgIpc) is 3.17. The Morgan fingerprint density at radius 1 is 1.27 bits per heavy atom. The number of hydrogen-bond donors (Lipinski definition) is 0. The molecular formula is C16H16FN3OS. The van der Waals surface area contributed by atoms with Crippen LogP contribution in [0.15, 0.2) is 46.2 Å². The van der Waals surface area contributed by atoms with Gasteiger partial charge in [-0.05, 0) is 43.1 Å². The quantitative estimate of drug-likeness (QED) is 0.709. The average molecular weight is 317 g/mol. The molecular weight excluding hydrogens is 301 g/mol. The first-order valence-electron chi connectivity index (χ1n) is 6.95.